The molecule has 0 spiro atoms. The highest BCUT2D eigenvalue weighted by atomic mass is 16.5. The number of benzene rings is 4. The van der Waals surface area contributed by atoms with Gasteiger partial charge in [-0.3, -0.25) is 19.5 Å². The molecular weight excluding hydrogens is 526 g/mol. The minimum atomic E-state index is -0.341. The van der Waals surface area contributed by atoms with E-state index in [2.05, 4.69) is 17.4 Å². The predicted octanol–water partition coefficient (Wildman–Crippen LogP) is 7.02. The molecule has 7 nitrogen and oxygen atoms in total. The van der Waals surface area contributed by atoms with Crippen LogP contribution in [0, 0.1) is 0 Å². The Labute approximate surface area is 244 Å². The molecule has 1 aliphatic rings. The molecule has 6 rings (SSSR count). The van der Waals surface area contributed by atoms with E-state index in [0.29, 0.717) is 28.8 Å². The number of anilines is 1. The van der Waals surface area contributed by atoms with Crippen molar-refractivity contribution in [2.45, 2.75) is 44.9 Å². The number of aromatic nitrogens is 2. The van der Waals surface area contributed by atoms with Crippen molar-refractivity contribution in [3.63, 3.8) is 0 Å². The fraction of sp³-hybridized carbons (Fsp3) is 0.229. The molecule has 2 heterocycles. The number of hydrogen-bond donors (Lipinski definition) is 1. The Morgan fingerprint density at radius 1 is 0.929 bits per heavy atom. The van der Waals surface area contributed by atoms with Crippen LogP contribution in [0.3, 0.4) is 0 Å². The number of amides is 1. The zero-order chi connectivity index (χ0) is 28.9. The minimum Gasteiger partial charge on any atom is -0.493 e. The molecule has 5 aromatic rings. The normalized spacial score (nSPS) is 16.4. The second kappa shape index (κ2) is 12.4. The van der Waals surface area contributed by atoms with Crippen LogP contribution in [-0.4, -0.2) is 28.2 Å². The number of ether oxygens (including phenoxy) is 2. The lowest BCUT2D eigenvalue weighted by atomic mass is 10.0. The van der Waals surface area contributed by atoms with Crippen molar-refractivity contribution in [3.8, 4) is 16.9 Å². The second-order valence-electron chi connectivity index (χ2n) is 10.5. The van der Waals surface area contributed by atoms with Crippen LogP contribution in [0.25, 0.3) is 22.0 Å². The third-order valence-electron chi connectivity index (χ3n) is 7.52. The van der Waals surface area contributed by atoms with E-state index in [1.807, 2.05) is 73.7 Å². The highest BCUT2D eigenvalue weighted by molar-refractivity contribution is 6.04. The van der Waals surface area contributed by atoms with Gasteiger partial charge >= 0.3 is 0 Å². The maximum absolute atomic E-state index is 14.3. The van der Waals surface area contributed by atoms with Crippen LogP contribution in [0.4, 0.5) is 5.95 Å². The molecule has 0 bridgehead atoms. The zero-order valence-corrected chi connectivity index (χ0v) is 23.5. The Morgan fingerprint density at radius 3 is 2.33 bits per heavy atom. The first-order valence-corrected chi connectivity index (χ1v) is 14.4. The quantitative estimate of drug-likeness (QED) is 0.210. The summed E-state index contributed by atoms with van der Waals surface area (Å²) in [5, 5.41) is 3.30. The van der Waals surface area contributed by atoms with Crippen LogP contribution < -0.4 is 15.6 Å². The van der Waals surface area contributed by atoms with Gasteiger partial charge < -0.3 is 9.47 Å². The number of carbonyl (C=O) groups excluding carboxylic acids is 1. The van der Waals surface area contributed by atoms with E-state index in [4.69, 9.17) is 14.5 Å². The summed E-state index contributed by atoms with van der Waals surface area (Å²) in [5.41, 5.74) is 3.63. The molecule has 7 heteroatoms. The molecule has 1 aromatic heterocycles. The maximum Gasteiger partial charge on any atom is 0.266 e. The van der Waals surface area contributed by atoms with Crippen LogP contribution in [0.2, 0.25) is 0 Å². The maximum atomic E-state index is 14.3. The molecule has 2 unspecified atom stereocenters. The zero-order valence-electron chi connectivity index (χ0n) is 23.5. The summed E-state index contributed by atoms with van der Waals surface area (Å²) in [5.74, 6) is 0.321. The van der Waals surface area contributed by atoms with Gasteiger partial charge in [0, 0.05) is 5.56 Å². The number of nitrogens with zero attached hydrogens (tertiary/aromatic N) is 2. The van der Waals surface area contributed by atoms with Crippen molar-refractivity contribution in [1.29, 1.82) is 0 Å². The summed E-state index contributed by atoms with van der Waals surface area (Å²) in [7, 11) is 0. The second-order valence-corrected chi connectivity index (χ2v) is 10.5. The van der Waals surface area contributed by atoms with Gasteiger partial charge in [-0.15, -0.1) is 0 Å². The fourth-order valence-electron chi connectivity index (χ4n) is 5.42. The van der Waals surface area contributed by atoms with E-state index in [1.165, 1.54) is 4.57 Å². The van der Waals surface area contributed by atoms with E-state index in [1.54, 1.807) is 24.3 Å². The first-order valence-electron chi connectivity index (χ1n) is 14.4. The molecule has 1 aliphatic heterocycles. The molecule has 1 N–H and O–H groups in total. The molecule has 42 heavy (non-hydrogen) atoms. The summed E-state index contributed by atoms with van der Waals surface area (Å²) in [6.07, 6.45) is 2.16. The van der Waals surface area contributed by atoms with E-state index in [0.717, 1.165) is 36.0 Å². The Hall–Kier alpha value is -4.75. The van der Waals surface area contributed by atoms with Gasteiger partial charge in [0.05, 0.1) is 30.9 Å². The first-order chi connectivity index (χ1) is 20.6. The molecule has 0 saturated carbocycles. The van der Waals surface area contributed by atoms with E-state index in [-0.39, 0.29) is 36.2 Å². The Kier molecular flexibility index (Phi) is 8.10. The lowest BCUT2D eigenvalue weighted by Crippen LogP contribution is -2.31. The average molecular weight is 560 g/mol. The van der Waals surface area contributed by atoms with Crippen molar-refractivity contribution in [1.82, 2.24) is 9.55 Å². The molecule has 0 aliphatic carbocycles. The van der Waals surface area contributed by atoms with Crippen LogP contribution in [0.1, 0.15) is 48.2 Å². The first kappa shape index (κ1) is 27.4. The SMILES string of the molecule is CCCOc1cc(-c2ccccc2)cc2nc(NC(=O)c3ccccc3)n(CC3CCC(c4ccccc4)O3)c(=O)c12. The number of carbonyl (C=O) groups is 1. The van der Waals surface area contributed by atoms with Gasteiger partial charge in [-0.05, 0) is 60.2 Å². The third-order valence-corrected chi connectivity index (χ3v) is 7.52. The van der Waals surface area contributed by atoms with Gasteiger partial charge in [-0.2, -0.15) is 0 Å². The van der Waals surface area contributed by atoms with Gasteiger partial charge in [0.25, 0.3) is 11.5 Å². The number of hydrogen-bond acceptors (Lipinski definition) is 5. The fourth-order valence-corrected chi connectivity index (χ4v) is 5.42. The monoisotopic (exact) mass is 559 g/mol. The predicted molar refractivity (Wildman–Crippen MR) is 165 cm³/mol. The Balaban J connectivity index is 1.44. The van der Waals surface area contributed by atoms with Gasteiger partial charge in [0.1, 0.15) is 11.1 Å². The van der Waals surface area contributed by atoms with Crippen molar-refractivity contribution in [2.75, 3.05) is 11.9 Å². The topological polar surface area (TPSA) is 82.4 Å². The van der Waals surface area contributed by atoms with Crippen LogP contribution in [0.5, 0.6) is 5.75 Å². The van der Waals surface area contributed by atoms with Crippen molar-refractivity contribution in [2.24, 2.45) is 0 Å². The van der Waals surface area contributed by atoms with Gasteiger partial charge in [-0.1, -0.05) is 85.8 Å². The lowest BCUT2D eigenvalue weighted by Gasteiger charge is -2.20. The van der Waals surface area contributed by atoms with Gasteiger partial charge in [-0.25, -0.2) is 4.98 Å². The molecular formula is C35H33N3O4. The van der Waals surface area contributed by atoms with Crippen LogP contribution >= 0.6 is 0 Å². The Bertz CT molecular complexity index is 1740. The van der Waals surface area contributed by atoms with Crippen molar-refractivity contribution < 1.29 is 14.3 Å². The number of fused-ring (bicyclic) bond motifs is 1. The molecule has 1 fully saturated rings. The van der Waals surface area contributed by atoms with Crippen LogP contribution in [-0.2, 0) is 11.3 Å². The van der Waals surface area contributed by atoms with Gasteiger partial charge in [0.15, 0.2) is 0 Å². The summed E-state index contributed by atoms with van der Waals surface area (Å²) in [6.45, 7) is 2.74. The van der Waals surface area contributed by atoms with Crippen LogP contribution in [0.15, 0.2) is 108 Å². The largest absolute Gasteiger partial charge is 0.493 e. The third kappa shape index (κ3) is 5.83. The molecule has 0 radical (unpaired) electrons. The minimum absolute atomic E-state index is 0.0421. The molecule has 212 valence electrons. The van der Waals surface area contributed by atoms with E-state index >= 15 is 0 Å². The number of nitrogens with one attached hydrogen (secondary N) is 1. The summed E-state index contributed by atoms with van der Waals surface area (Å²) < 4.78 is 14.1. The average Bonchev–Trinajstić information content (AvgIpc) is 3.51. The number of rotatable bonds is 9. The van der Waals surface area contributed by atoms with Crippen molar-refractivity contribution in [3.05, 3.63) is 125 Å². The highest BCUT2D eigenvalue weighted by Crippen LogP contribution is 2.35. The smallest absolute Gasteiger partial charge is 0.266 e. The molecule has 2 atom stereocenters. The molecule has 1 amide bonds. The lowest BCUT2D eigenvalue weighted by molar-refractivity contribution is 0.0347. The molecule has 4 aromatic carbocycles. The Morgan fingerprint density at radius 2 is 1.62 bits per heavy atom. The van der Waals surface area contributed by atoms with Gasteiger partial charge in [0.2, 0.25) is 5.95 Å². The standard InChI is InChI=1S/C35H33N3O4/c1-2-20-41-31-22-27(24-12-6-3-7-13-24)21-29-32(31)34(40)38(35(36-29)37-33(39)26-16-10-5-11-17-26)23-28-18-19-30(42-28)25-14-8-4-9-15-25/h3-17,21-22,28,30H,2,18-20,23H2,1H3,(H,36,37,39). The summed E-state index contributed by atoms with van der Waals surface area (Å²) in [4.78, 5) is 32.4. The van der Waals surface area contributed by atoms with Crippen molar-refractivity contribution >= 4 is 22.8 Å². The molecule has 1 saturated heterocycles. The van der Waals surface area contributed by atoms with E-state index < -0.39 is 0 Å². The summed E-state index contributed by atoms with van der Waals surface area (Å²) >= 11 is 0. The highest BCUT2D eigenvalue weighted by Gasteiger charge is 2.29. The summed E-state index contributed by atoms with van der Waals surface area (Å²) in [6, 6.07) is 32.7. The van der Waals surface area contributed by atoms with E-state index in [9.17, 15) is 9.59 Å².